The van der Waals surface area contributed by atoms with Crippen LogP contribution in [0.5, 0.6) is 0 Å². The van der Waals surface area contributed by atoms with Crippen molar-refractivity contribution in [1.29, 1.82) is 0 Å². The van der Waals surface area contributed by atoms with Crippen LogP contribution in [0, 0.1) is 0 Å². The van der Waals surface area contributed by atoms with Crippen LogP contribution < -0.4 is 15.5 Å². The maximum atomic E-state index is 11.9. The van der Waals surface area contributed by atoms with Crippen molar-refractivity contribution < 1.29 is 9.59 Å². The fourth-order valence-corrected chi connectivity index (χ4v) is 2.59. The van der Waals surface area contributed by atoms with Crippen molar-refractivity contribution in [3.63, 3.8) is 0 Å². The summed E-state index contributed by atoms with van der Waals surface area (Å²) in [6.07, 6.45) is 4.09. The van der Waals surface area contributed by atoms with Gasteiger partial charge in [0.2, 0.25) is 11.8 Å². The molecule has 0 atom stereocenters. The second-order valence-corrected chi connectivity index (χ2v) is 5.65. The molecule has 1 saturated heterocycles. The Kier molecular flexibility index (Phi) is 8.66. The SMILES string of the molecule is CNCCCC(=O)NCc1ccc(N2CCCCC2=O)cc1.Cl. The normalized spacial score (nSPS) is 14.3. The molecular weight excluding hydrogens is 314 g/mol. The van der Waals surface area contributed by atoms with Gasteiger partial charge in [0, 0.05) is 31.6 Å². The summed E-state index contributed by atoms with van der Waals surface area (Å²) in [5, 5.41) is 5.94. The first-order valence-electron chi connectivity index (χ1n) is 8.01. The van der Waals surface area contributed by atoms with Gasteiger partial charge in [-0.25, -0.2) is 0 Å². The maximum Gasteiger partial charge on any atom is 0.226 e. The van der Waals surface area contributed by atoms with Gasteiger partial charge >= 0.3 is 0 Å². The first-order valence-corrected chi connectivity index (χ1v) is 8.01. The van der Waals surface area contributed by atoms with Crippen LogP contribution in [0.15, 0.2) is 24.3 Å². The Balaban J connectivity index is 0.00000264. The largest absolute Gasteiger partial charge is 0.352 e. The van der Waals surface area contributed by atoms with Gasteiger partial charge in [0.25, 0.3) is 0 Å². The maximum absolute atomic E-state index is 11.9. The van der Waals surface area contributed by atoms with Gasteiger partial charge in [-0.2, -0.15) is 0 Å². The lowest BCUT2D eigenvalue weighted by molar-refractivity contribution is -0.121. The van der Waals surface area contributed by atoms with Gasteiger partial charge in [-0.05, 0) is 50.6 Å². The van der Waals surface area contributed by atoms with E-state index in [1.165, 1.54) is 0 Å². The molecule has 1 aromatic carbocycles. The number of carbonyl (C=O) groups excluding carboxylic acids is 2. The Bertz CT molecular complexity index is 505. The van der Waals surface area contributed by atoms with Crippen molar-refractivity contribution in [2.45, 2.75) is 38.6 Å². The van der Waals surface area contributed by atoms with Crippen LogP contribution in [0.25, 0.3) is 0 Å². The molecule has 2 N–H and O–H groups in total. The number of hydrogen-bond donors (Lipinski definition) is 2. The van der Waals surface area contributed by atoms with Crippen molar-refractivity contribution in [2.24, 2.45) is 0 Å². The zero-order chi connectivity index (χ0) is 15.8. The molecule has 6 heteroatoms. The van der Waals surface area contributed by atoms with Gasteiger partial charge in [0.1, 0.15) is 0 Å². The van der Waals surface area contributed by atoms with Gasteiger partial charge in [-0.3, -0.25) is 9.59 Å². The van der Waals surface area contributed by atoms with E-state index in [2.05, 4.69) is 10.6 Å². The average Bonchev–Trinajstić information content (AvgIpc) is 2.54. The Hall–Kier alpha value is -1.59. The summed E-state index contributed by atoms with van der Waals surface area (Å²) >= 11 is 0. The second kappa shape index (κ2) is 10.2. The molecule has 5 nitrogen and oxygen atoms in total. The van der Waals surface area contributed by atoms with E-state index in [0.717, 1.165) is 43.6 Å². The highest BCUT2D eigenvalue weighted by Crippen LogP contribution is 2.21. The molecule has 0 aliphatic carbocycles. The molecular formula is C17H26ClN3O2. The second-order valence-electron chi connectivity index (χ2n) is 5.65. The molecule has 2 amide bonds. The van der Waals surface area contributed by atoms with Crippen LogP contribution in [0.4, 0.5) is 5.69 Å². The monoisotopic (exact) mass is 339 g/mol. The van der Waals surface area contributed by atoms with Crippen LogP contribution >= 0.6 is 12.4 Å². The lowest BCUT2D eigenvalue weighted by Gasteiger charge is -2.26. The first kappa shape index (κ1) is 19.5. The molecule has 0 bridgehead atoms. The van der Waals surface area contributed by atoms with E-state index in [1.54, 1.807) is 0 Å². The van der Waals surface area contributed by atoms with Gasteiger partial charge in [0.15, 0.2) is 0 Å². The minimum absolute atomic E-state index is 0. The predicted molar refractivity (Wildman–Crippen MR) is 94.9 cm³/mol. The number of anilines is 1. The third kappa shape index (κ3) is 6.20. The molecule has 1 aromatic rings. The number of hydrogen-bond acceptors (Lipinski definition) is 3. The van der Waals surface area contributed by atoms with Gasteiger partial charge < -0.3 is 15.5 Å². The van der Waals surface area contributed by atoms with Crippen molar-refractivity contribution in [3.8, 4) is 0 Å². The van der Waals surface area contributed by atoms with E-state index in [1.807, 2.05) is 36.2 Å². The lowest BCUT2D eigenvalue weighted by Crippen LogP contribution is -2.35. The van der Waals surface area contributed by atoms with Gasteiger partial charge in [0.05, 0.1) is 0 Å². The van der Waals surface area contributed by atoms with E-state index in [4.69, 9.17) is 0 Å². The molecule has 1 aliphatic heterocycles. The van der Waals surface area contributed by atoms with Crippen molar-refractivity contribution in [2.75, 3.05) is 25.0 Å². The summed E-state index contributed by atoms with van der Waals surface area (Å²) in [4.78, 5) is 25.4. The topological polar surface area (TPSA) is 61.4 Å². The van der Waals surface area contributed by atoms with Crippen LogP contribution in [-0.4, -0.2) is 32.0 Å². The minimum atomic E-state index is 0. The zero-order valence-electron chi connectivity index (χ0n) is 13.6. The summed E-state index contributed by atoms with van der Waals surface area (Å²) in [6.45, 7) is 2.19. The van der Waals surface area contributed by atoms with Crippen LogP contribution in [0.1, 0.15) is 37.7 Å². The van der Waals surface area contributed by atoms with E-state index in [-0.39, 0.29) is 24.2 Å². The highest BCUT2D eigenvalue weighted by molar-refractivity contribution is 5.93. The predicted octanol–water partition coefficient (Wildman–Crippen LogP) is 2.24. The molecule has 2 rings (SSSR count). The van der Waals surface area contributed by atoms with Gasteiger partial charge in [-0.1, -0.05) is 12.1 Å². The summed E-state index contributed by atoms with van der Waals surface area (Å²) in [7, 11) is 1.88. The Morgan fingerprint density at radius 1 is 1.22 bits per heavy atom. The van der Waals surface area contributed by atoms with E-state index in [0.29, 0.717) is 19.4 Å². The third-order valence-corrected chi connectivity index (χ3v) is 3.89. The fourth-order valence-electron chi connectivity index (χ4n) is 2.59. The third-order valence-electron chi connectivity index (χ3n) is 3.89. The minimum Gasteiger partial charge on any atom is -0.352 e. The average molecular weight is 340 g/mol. The number of amides is 2. The molecule has 0 radical (unpaired) electrons. The molecule has 1 fully saturated rings. The van der Waals surface area contributed by atoms with Crippen LogP contribution in [0.3, 0.4) is 0 Å². The fraction of sp³-hybridized carbons (Fsp3) is 0.529. The number of nitrogens with one attached hydrogen (secondary N) is 2. The molecule has 0 saturated carbocycles. The number of halogens is 1. The molecule has 23 heavy (non-hydrogen) atoms. The standard InChI is InChI=1S/C17H25N3O2.ClH/c1-18-11-4-5-16(21)19-13-14-7-9-15(10-8-14)20-12-3-2-6-17(20)22;/h7-10,18H,2-6,11-13H2,1H3,(H,19,21);1H. The van der Waals surface area contributed by atoms with Crippen molar-refractivity contribution >= 4 is 29.9 Å². The number of rotatable bonds is 7. The van der Waals surface area contributed by atoms with Crippen molar-refractivity contribution in [3.05, 3.63) is 29.8 Å². The Morgan fingerprint density at radius 3 is 2.61 bits per heavy atom. The quantitative estimate of drug-likeness (QED) is 0.749. The Labute approximate surface area is 144 Å². The van der Waals surface area contributed by atoms with E-state index < -0.39 is 0 Å². The highest BCUT2D eigenvalue weighted by atomic mass is 35.5. The summed E-state index contributed by atoms with van der Waals surface area (Å²) in [6, 6.07) is 7.88. The van der Waals surface area contributed by atoms with Crippen LogP contribution in [0.2, 0.25) is 0 Å². The highest BCUT2D eigenvalue weighted by Gasteiger charge is 2.19. The van der Waals surface area contributed by atoms with Crippen molar-refractivity contribution in [1.82, 2.24) is 10.6 Å². The molecule has 0 spiro atoms. The number of piperidine rings is 1. The van der Waals surface area contributed by atoms with Crippen LogP contribution in [-0.2, 0) is 16.1 Å². The van der Waals surface area contributed by atoms with E-state index >= 15 is 0 Å². The zero-order valence-corrected chi connectivity index (χ0v) is 14.5. The number of nitrogens with zero attached hydrogens (tertiary/aromatic N) is 1. The van der Waals surface area contributed by atoms with E-state index in [9.17, 15) is 9.59 Å². The Morgan fingerprint density at radius 2 is 1.96 bits per heavy atom. The smallest absolute Gasteiger partial charge is 0.226 e. The van der Waals surface area contributed by atoms with Gasteiger partial charge in [-0.15, -0.1) is 12.4 Å². The molecule has 1 aliphatic rings. The number of benzene rings is 1. The molecule has 0 aromatic heterocycles. The summed E-state index contributed by atoms with van der Waals surface area (Å²) < 4.78 is 0. The lowest BCUT2D eigenvalue weighted by atomic mass is 10.1. The molecule has 128 valence electrons. The molecule has 0 unspecified atom stereocenters. The first-order chi connectivity index (χ1) is 10.7. The molecule has 1 heterocycles. The number of carbonyl (C=O) groups is 2. The summed E-state index contributed by atoms with van der Waals surface area (Å²) in [5.74, 6) is 0.280. The summed E-state index contributed by atoms with van der Waals surface area (Å²) in [5.41, 5.74) is 2.00.